The molecule has 1 aliphatic rings. The van der Waals surface area contributed by atoms with E-state index in [0.29, 0.717) is 4.90 Å². The van der Waals surface area contributed by atoms with Crippen molar-refractivity contribution in [3.8, 4) is 0 Å². The Morgan fingerprint density at radius 3 is 2.48 bits per heavy atom. The van der Waals surface area contributed by atoms with Crippen molar-refractivity contribution in [1.82, 2.24) is 4.72 Å². The molecule has 4 heteroatoms. The van der Waals surface area contributed by atoms with Crippen molar-refractivity contribution in [1.29, 1.82) is 0 Å². The molecule has 0 heterocycles. The van der Waals surface area contributed by atoms with Gasteiger partial charge in [0, 0.05) is 6.04 Å². The second-order valence-corrected chi connectivity index (χ2v) is 7.25. The van der Waals surface area contributed by atoms with Crippen LogP contribution in [0.3, 0.4) is 0 Å². The molecule has 0 bridgehead atoms. The maximum Gasteiger partial charge on any atom is 0.241 e. The molecule has 110 valence electrons. The maximum atomic E-state index is 12.5. The number of hydrogen-bond donors (Lipinski definition) is 1. The highest BCUT2D eigenvalue weighted by molar-refractivity contribution is 7.89. The van der Waals surface area contributed by atoms with E-state index < -0.39 is 10.0 Å². The number of hydrogen-bond acceptors (Lipinski definition) is 2. The van der Waals surface area contributed by atoms with E-state index in [2.05, 4.69) is 4.72 Å². The summed E-state index contributed by atoms with van der Waals surface area (Å²) in [5.41, 5.74) is 3.41. The van der Waals surface area contributed by atoms with Crippen molar-refractivity contribution in [2.24, 2.45) is 0 Å². The average Bonchev–Trinajstić information content (AvgIpc) is 2.95. The van der Waals surface area contributed by atoms with Crippen LogP contribution in [-0.2, 0) is 22.9 Å². The van der Waals surface area contributed by atoms with Crippen molar-refractivity contribution in [3.05, 3.63) is 65.2 Å². The van der Waals surface area contributed by atoms with Gasteiger partial charge in [-0.05, 0) is 55.0 Å². The van der Waals surface area contributed by atoms with Crippen molar-refractivity contribution in [3.63, 3.8) is 0 Å². The van der Waals surface area contributed by atoms with Crippen molar-refractivity contribution >= 4 is 10.0 Å². The van der Waals surface area contributed by atoms with Crippen LogP contribution in [0.5, 0.6) is 0 Å². The third-order valence-electron chi connectivity index (χ3n) is 4.01. The Bertz CT molecular complexity index is 739. The lowest BCUT2D eigenvalue weighted by atomic mass is 10.1. The monoisotopic (exact) mass is 301 g/mol. The van der Waals surface area contributed by atoms with Crippen molar-refractivity contribution in [2.45, 2.75) is 37.1 Å². The molecular weight excluding hydrogens is 282 g/mol. The molecule has 1 unspecified atom stereocenters. The fraction of sp³-hybridized carbons (Fsp3) is 0.294. The van der Waals surface area contributed by atoms with Crippen LogP contribution in [-0.4, -0.2) is 8.42 Å². The summed E-state index contributed by atoms with van der Waals surface area (Å²) in [5, 5.41) is 0. The molecule has 2 aromatic rings. The zero-order chi connectivity index (χ0) is 14.9. The molecule has 21 heavy (non-hydrogen) atoms. The van der Waals surface area contributed by atoms with Gasteiger partial charge in [0.1, 0.15) is 0 Å². The Kier molecular flexibility index (Phi) is 3.83. The minimum atomic E-state index is -3.48. The summed E-state index contributed by atoms with van der Waals surface area (Å²) >= 11 is 0. The molecule has 0 spiro atoms. The molecule has 3 nitrogen and oxygen atoms in total. The SMILES string of the molecule is CC(NS(=O)(=O)c1ccc2c(c1)CCC2)c1ccccc1. The number of sulfonamides is 1. The quantitative estimate of drug-likeness (QED) is 0.942. The van der Waals surface area contributed by atoms with Gasteiger partial charge in [-0.2, -0.15) is 0 Å². The number of nitrogens with one attached hydrogen (secondary N) is 1. The summed E-state index contributed by atoms with van der Waals surface area (Å²) in [5.74, 6) is 0. The Balaban J connectivity index is 1.84. The Labute approximate surface area is 126 Å². The summed E-state index contributed by atoms with van der Waals surface area (Å²) in [7, 11) is -3.48. The first-order valence-electron chi connectivity index (χ1n) is 7.25. The van der Waals surface area contributed by atoms with Gasteiger partial charge < -0.3 is 0 Å². The predicted molar refractivity (Wildman–Crippen MR) is 83.6 cm³/mol. The highest BCUT2D eigenvalue weighted by Gasteiger charge is 2.20. The average molecular weight is 301 g/mol. The minimum absolute atomic E-state index is 0.246. The first-order valence-corrected chi connectivity index (χ1v) is 8.74. The second-order valence-electron chi connectivity index (χ2n) is 5.54. The topological polar surface area (TPSA) is 46.2 Å². The van der Waals surface area contributed by atoms with E-state index in [4.69, 9.17) is 0 Å². The predicted octanol–water partition coefficient (Wildman–Crippen LogP) is 3.21. The van der Waals surface area contributed by atoms with E-state index in [9.17, 15) is 8.42 Å². The third kappa shape index (κ3) is 3.01. The van der Waals surface area contributed by atoms with Crippen LogP contribution in [0.4, 0.5) is 0 Å². The first kappa shape index (κ1) is 14.3. The van der Waals surface area contributed by atoms with E-state index in [-0.39, 0.29) is 6.04 Å². The van der Waals surface area contributed by atoms with E-state index in [0.717, 1.165) is 24.8 Å². The number of rotatable bonds is 4. The van der Waals surface area contributed by atoms with Crippen molar-refractivity contribution < 1.29 is 8.42 Å². The first-order chi connectivity index (χ1) is 10.1. The summed E-state index contributed by atoms with van der Waals surface area (Å²) in [6.07, 6.45) is 3.16. The molecule has 0 saturated heterocycles. The van der Waals surface area contributed by atoms with Gasteiger partial charge in [-0.25, -0.2) is 13.1 Å². The molecule has 1 N–H and O–H groups in total. The van der Waals surface area contributed by atoms with Gasteiger partial charge in [0.25, 0.3) is 0 Å². The maximum absolute atomic E-state index is 12.5. The Hall–Kier alpha value is -1.65. The lowest BCUT2D eigenvalue weighted by molar-refractivity contribution is 0.567. The highest BCUT2D eigenvalue weighted by Crippen LogP contribution is 2.25. The standard InChI is InChI=1S/C17H19NO2S/c1-13(14-6-3-2-4-7-14)18-21(19,20)17-11-10-15-8-5-9-16(15)12-17/h2-4,6-7,10-13,18H,5,8-9H2,1H3. The van der Waals surface area contributed by atoms with Crippen LogP contribution in [0.15, 0.2) is 53.4 Å². The van der Waals surface area contributed by atoms with Crippen LogP contribution in [0.1, 0.15) is 36.1 Å². The molecule has 1 aliphatic carbocycles. The van der Waals surface area contributed by atoms with Gasteiger partial charge in [0.05, 0.1) is 4.90 Å². The van der Waals surface area contributed by atoms with E-state index >= 15 is 0 Å². The zero-order valence-corrected chi connectivity index (χ0v) is 12.9. The molecule has 0 fully saturated rings. The van der Waals surface area contributed by atoms with Crippen LogP contribution in [0.2, 0.25) is 0 Å². The smallest absolute Gasteiger partial charge is 0.207 e. The van der Waals surface area contributed by atoms with Gasteiger partial charge in [0.2, 0.25) is 10.0 Å². The van der Waals surface area contributed by atoms with Gasteiger partial charge in [-0.15, -0.1) is 0 Å². The Morgan fingerprint density at radius 1 is 1.00 bits per heavy atom. The fourth-order valence-electron chi connectivity index (χ4n) is 2.83. The summed E-state index contributed by atoms with van der Waals surface area (Å²) in [6.45, 7) is 1.86. The van der Waals surface area contributed by atoms with E-state index in [1.807, 2.05) is 49.4 Å². The Morgan fingerprint density at radius 2 is 1.71 bits per heavy atom. The van der Waals surface area contributed by atoms with Crippen molar-refractivity contribution in [2.75, 3.05) is 0 Å². The molecule has 1 atom stereocenters. The lowest BCUT2D eigenvalue weighted by Gasteiger charge is -2.15. The van der Waals surface area contributed by atoms with E-state index in [1.165, 1.54) is 11.1 Å². The fourth-order valence-corrected chi connectivity index (χ4v) is 4.11. The van der Waals surface area contributed by atoms with Crippen LogP contribution in [0.25, 0.3) is 0 Å². The second kappa shape index (κ2) is 5.62. The molecule has 0 radical (unpaired) electrons. The molecule has 3 rings (SSSR count). The third-order valence-corrected chi connectivity index (χ3v) is 5.55. The zero-order valence-electron chi connectivity index (χ0n) is 12.0. The molecular formula is C17H19NO2S. The largest absolute Gasteiger partial charge is 0.241 e. The summed E-state index contributed by atoms with van der Waals surface area (Å²) in [4.78, 5) is 0.367. The molecule has 0 aromatic heterocycles. The molecule has 2 aromatic carbocycles. The van der Waals surface area contributed by atoms with E-state index in [1.54, 1.807) is 6.07 Å². The van der Waals surface area contributed by atoms with Gasteiger partial charge >= 0.3 is 0 Å². The number of fused-ring (bicyclic) bond motifs is 1. The number of benzene rings is 2. The summed E-state index contributed by atoms with van der Waals surface area (Å²) in [6, 6.07) is 14.8. The van der Waals surface area contributed by atoms with Crippen LogP contribution < -0.4 is 4.72 Å². The normalized spacial score (nSPS) is 15.7. The number of aryl methyl sites for hydroxylation is 2. The van der Waals surface area contributed by atoms with Gasteiger partial charge in [-0.3, -0.25) is 0 Å². The summed E-state index contributed by atoms with van der Waals surface area (Å²) < 4.78 is 27.8. The molecule has 0 aliphatic heterocycles. The minimum Gasteiger partial charge on any atom is -0.207 e. The van der Waals surface area contributed by atoms with Gasteiger partial charge in [0.15, 0.2) is 0 Å². The molecule has 0 saturated carbocycles. The van der Waals surface area contributed by atoms with Crippen LogP contribution >= 0.6 is 0 Å². The lowest BCUT2D eigenvalue weighted by Crippen LogP contribution is -2.27. The van der Waals surface area contributed by atoms with Crippen LogP contribution in [0, 0.1) is 0 Å². The highest BCUT2D eigenvalue weighted by atomic mass is 32.2. The van der Waals surface area contributed by atoms with Gasteiger partial charge in [-0.1, -0.05) is 36.4 Å². The molecule has 0 amide bonds.